The van der Waals surface area contributed by atoms with Gasteiger partial charge in [0.15, 0.2) is 0 Å². The highest BCUT2D eigenvalue weighted by Gasteiger charge is 2.05. The van der Waals surface area contributed by atoms with Gasteiger partial charge >= 0.3 is 0 Å². The molecular weight excluding hydrogens is 274 g/mol. The Hall–Kier alpha value is 0.0900. The number of halogens is 1. The van der Waals surface area contributed by atoms with Gasteiger partial charge in [-0.2, -0.15) is 0 Å². The van der Waals surface area contributed by atoms with E-state index in [1.165, 1.54) is 4.88 Å². The Morgan fingerprint density at radius 1 is 1.38 bits per heavy atom. The van der Waals surface area contributed by atoms with Crippen LogP contribution in [0.3, 0.4) is 0 Å². The zero-order valence-electron chi connectivity index (χ0n) is 6.86. The number of hydrogen-bond acceptors (Lipinski definition) is 3. The van der Waals surface area contributed by atoms with E-state index in [1.807, 2.05) is 12.1 Å². The van der Waals surface area contributed by atoms with Gasteiger partial charge in [-0.05, 0) is 18.6 Å². The highest BCUT2D eigenvalue weighted by molar-refractivity contribution is 9.08. The molecule has 0 fully saturated rings. The Balaban J connectivity index is 2.55. The molecule has 0 spiro atoms. The Labute approximate surface area is 90.1 Å². The molecule has 74 valence electrons. The minimum atomic E-state index is -3.32. The topological polar surface area (TPSA) is 60.2 Å². The van der Waals surface area contributed by atoms with Gasteiger partial charge in [-0.15, -0.1) is 11.3 Å². The van der Waals surface area contributed by atoms with Crippen LogP contribution in [0.25, 0.3) is 0 Å². The second-order valence-electron chi connectivity index (χ2n) is 2.62. The smallest absolute Gasteiger partial charge is 0.209 e. The number of nitrogens with two attached hydrogens (primary N) is 1. The molecule has 0 aromatic carbocycles. The molecule has 1 rings (SSSR count). The fraction of sp³-hybridized carbons (Fsp3) is 0.429. The number of alkyl halides is 1. The minimum absolute atomic E-state index is 0.0231. The number of primary sulfonamides is 1. The average molecular weight is 284 g/mol. The summed E-state index contributed by atoms with van der Waals surface area (Å²) in [4.78, 5) is 2.26. The van der Waals surface area contributed by atoms with Crippen LogP contribution in [0.4, 0.5) is 0 Å². The van der Waals surface area contributed by atoms with E-state index in [0.717, 1.165) is 10.2 Å². The zero-order valence-corrected chi connectivity index (χ0v) is 10.1. The summed E-state index contributed by atoms with van der Waals surface area (Å²) < 4.78 is 21.3. The van der Waals surface area contributed by atoms with Crippen molar-refractivity contribution in [2.24, 2.45) is 5.14 Å². The van der Waals surface area contributed by atoms with Gasteiger partial charge in [0, 0.05) is 15.1 Å². The first-order valence-electron chi connectivity index (χ1n) is 3.65. The predicted octanol–water partition coefficient (Wildman–Crippen LogP) is 1.47. The molecule has 0 unspecified atom stereocenters. The van der Waals surface area contributed by atoms with Crippen LogP contribution < -0.4 is 5.14 Å². The first kappa shape index (κ1) is 11.2. The molecule has 0 aliphatic carbocycles. The van der Waals surface area contributed by atoms with Gasteiger partial charge in [0.05, 0.1) is 5.75 Å². The van der Waals surface area contributed by atoms with E-state index in [2.05, 4.69) is 15.9 Å². The maximum absolute atomic E-state index is 10.7. The summed E-state index contributed by atoms with van der Waals surface area (Å²) >= 11 is 4.94. The third kappa shape index (κ3) is 4.21. The normalized spacial score (nSPS) is 11.8. The number of aryl methyl sites for hydroxylation is 1. The van der Waals surface area contributed by atoms with E-state index in [9.17, 15) is 8.42 Å². The van der Waals surface area contributed by atoms with Crippen molar-refractivity contribution in [2.45, 2.75) is 11.8 Å². The van der Waals surface area contributed by atoms with Crippen molar-refractivity contribution < 1.29 is 8.42 Å². The van der Waals surface area contributed by atoms with Gasteiger partial charge < -0.3 is 0 Å². The van der Waals surface area contributed by atoms with E-state index in [0.29, 0.717) is 6.42 Å². The van der Waals surface area contributed by atoms with Gasteiger partial charge in [0.25, 0.3) is 0 Å². The lowest BCUT2D eigenvalue weighted by Crippen LogP contribution is -2.17. The van der Waals surface area contributed by atoms with Crippen molar-refractivity contribution in [3.05, 3.63) is 21.9 Å². The van der Waals surface area contributed by atoms with Gasteiger partial charge in [0.1, 0.15) is 0 Å². The van der Waals surface area contributed by atoms with E-state index in [4.69, 9.17) is 5.14 Å². The van der Waals surface area contributed by atoms with Crippen molar-refractivity contribution >= 4 is 37.3 Å². The van der Waals surface area contributed by atoms with Crippen LogP contribution in [0.1, 0.15) is 9.75 Å². The summed E-state index contributed by atoms with van der Waals surface area (Å²) in [6.45, 7) is 0. The monoisotopic (exact) mass is 283 g/mol. The Kier molecular flexibility index (Phi) is 3.90. The number of thiophene rings is 1. The van der Waals surface area contributed by atoms with E-state index >= 15 is 0 Å². The Morgan fingerprint density at radius 2 is 2.00 bits per heavy atom. The molecule has 0 aliphatic rings. The summed E-state index contributed by atoms with van der Waals surface area (Å²) in [6.07, 6.45) is 0.510. The van der Waals surface area contributed by atoms with Crippen LogP contribution in [0.5, 0.6) is 0 Å². The van der Waals surface area contributed by atoms with Crippen LogP contribution in [0, 0.1) is 0 Å². The van der Waals surface area contributed by atoms with Crippen molar-refractivity contribution in [1.29, 1.82) is 0 Å². The molecule has 0 saturated carbocycles. The van der Waals surface area contributed by atoms with Crippen molar-refractivity contribution in [1.82, 2.24) is 0 Å². The molecule has 3 nitrogen and oxygen atoms in total. The third-order valence-electron chi connectivity index (χ3n) is 1.48. The van der Waals surface area contributed by atoms with Gasteiger partial charge in [-0.3, -0.25) is 0 Å². The second kappa shape index (κ2) is 4.54. The molecular formula is C7H10BrNO2S2. The van der Waals surface area contributed by atoms with E-state index in [1.54, 1.807) is 11.3 Å². The second-order valence-corrected chi connectivity index (χ2v) is 6.17. The molecule has 1 aromatic rings. The van der Waals surface area contributed by atoms with Gasteiger partial charge in [-0.25, -0.2) is 13.6 Å². The number of rotatable bonds is 4. The Bertz CT molecular complexity index is 372. The molecule has 6 heteroatoms. The minimum Gasteiger partial charge on any atom is -0.229 e. The maximum atomic E-state index is 10.7. The quantitative estimate of drug-likeness (QED) is 0.851. The van der Waals surface area contributed by atoms with Crippen molar-refractivity contribution in [2.75, 3.05) is 5.75 Å². The largest absolute Gasteiger partial charge is 0.229 e. The molecule has 0 saturated heterocycles. The molecule has 1 heterocycles. The van der Waals surface area contributed by atoms with Crippen molar-refractivity contribution in [3.63, 3.8) is 0 Å². The average Bonchev–Trinajstić information content (AvgIpc) is 2.47. The lowest BCUT2D eigenvalue weighted by molar-refractivity contribution is 0.597. The standard InChI is InChI=1S/C7H10BrNO2S2/c8-5-7-2-1-6(12-7)3-4-13(9,10)11/h1-2H,3-5H2,(H2,9,10,11). The van der Waals surface area contributed by atoms with Crippen LogP contribution >= 0.6 is 27.3 Å². The SMILES string of the molecule is NS(=O)(=O)CCc1ccc(CBr)s1. The lowest BCUT2D eigenvalue weighted by atomic mass is 10.4. The zero-order chi connectivity index (χ0) is 9.90. The molecule has 0 amide bonds. The fourth-order valence-electron chi connectivity index (χ4n) is 0.871. The highest BCUT2D eigenvalue weighted by Crippen LogP contribution is 2.19. The summed E-state index contributed by atoms with van der Waals surface area (Å²) in [5, 5.41) is 5.70. The molecule has 1 aromatic heterocycles. The lowest BCUT2D eigenvalue weighted by Gasteiger charge is -1.94. The Morgan fingerprint density at radius 3 is 2.46 bits per heavy atom. The first-order chi connectivity index (χ1) is 6.01. The van der Waals surface area contributed by atoms with E-state index < -0.39 is 10.0 Å². The third-order valence-corrected chi connectivity index (χ3v) is 4.38. The molecule has 0 radical (unpaired) electrons. The van der Waals surface area contributed by atoms with Crippen LogP contribution in [0.15, 0.2) is 12.1 Å². The first-order valence-corrected chi connectivity index (χ1v) is 7.30. The predicted molar refractivity (Wildman–Crippen MR) is 58.6 cm³/mol. The molecule has 0 atom stereocenters. The highest BCUT2D eigenvalue weighted by atomic mass is 79.9. The van der Waals surface area contributed by atoms with Gasteiger partial charge in [0.2, 0.25) is 10.0 Å². The number of sulfonamides is 1. The maximum Gasteiger partial charge on any atom is 0.209 e. The van der Waals surface area contributed by atoms with Crippen molar-refractivity contribution in [3.8, 4) is 0 Å². The molecule has 0 aliphatic heterocycles. The van der Waals surface area contributed by atoms with E-state index in [-0.39, 0.29) is 5.75 Å². The van der Waals surface area contributed by atoms with Crippen LogP contribution in [0.2, 0.25) is 0 Å². The fourth-order valence-corrected chi connectivity index (χ4v) is 2.90. The van der Waals surface area contributed by atoms with Crippen LogP contribution in [-0.4, -0.2) is 14.2 Å². The van der Waals surface area contributed by atoms with Crippen LogP contribution in [-0.2, 0) is 21.8 Å². The summed E-state index contributed by atoms with van der Waals surface area (Å²) in [5.41, 5.74) is 0. The summed E-state index contributed by atoms with van der Waals surface area (Å²) in [5.74, 6) is 0.0231. The molecule has 2 N–H and O–H groups in total. The number of hydrogen-bond donors (Lipinski definition) is 1. The summed E-state index contributed by atoms with van der Waals surface area (Å²) in [6, 6.07) is 3.92. The van der Waals surface area contributed by atoms with Gasteiger partial charge in [-0.1, -0.05) is 15.9 Å². The molecule has 0 bridgehead atoms. The summed E-state index contributed by atoms with van der Waals surface area (Å²) in [7, 11) is -3.32. The molecule has 13 heavy (non-hydrogen) atoms.